The van der Waals surface area contributed by atoms with Crippen LogP contribution in [0.2, 0.25) is 0 Å². The van der Waals surface area contributed by atoms with Crippen LogP contribution in [0.1, 0.15) is 34.6 Å². The van der Waals surface area contributed by atoms with E-state index < -0.39 is 0 Å². The monoisotopic (exact) mass is 203 g/mol. The topological polar surface area (TPSA) is 29.5 Å². The van der Waals surface area contributed by atoms with Crippen LogP contribution >= 0.6 is 0 Å². The van der Waals surface area contributed by atoms with E-state index in [1.54, 1.807) is 0 Å². The highest BCUT2D eigenvalue weighted by Crippen LogP contribution is 1.98. The molecule has 1 atom stereocenters. The first kappa shape index (κ1) is 15.9. The fourth-order valence-corrected chi connectivity index (χ4v) is 0.518. The second-order valence-corrected chi connectivity index (χ2v) is 3.60. The maximum absolute atomic E-state index is 11.0. The van der Waals surface area contributed by atoms with Gasteiger partial charge in [0.05, 0.1) is 5.92 Å². The van der Waals surface area contributed by atoms with Gasteiger partial charge in [-0.15, -0.1) is 0 Å². The molecule has 0 spiro atoms. The minimum atomic E-state index is -0.122. The van der Waals surface area contributed by atoms with Crippen molar-refractivity contribution in [1.82, 2.24) is 4.90 Å². The van der Waals surface area contributed by atoms with Crippen molar-refractivity contribution in [2.75, 3.05) is 20.7 Å². The number of nitrogens with zero attached hydrogens (tertiary/aromatic N) is 1. The summed E-state index contributed by atoms with van der Waals surface area (Å²) < 4.78 is 5.05. The lowest BCUT2D eigenvalue weighted by atomic mass is 10.2. The van der Waals surface area contributed by atoms with Gasteiger partial charge in [0.1, 0.15) is 6.61 Å². The van der Waals surface area contributed by atoms with E-state index in [0.717, 1.165) is 0 Å². The van der Waals surface area contributed by atoms with E-state index in [-0.39, 0.29) is 17.9 Å². The molecule has 0 aliphatic rings. The zero-order valence-electron chi connectivity index (χ0n) is 10.6. The summed E-state index contributed by atoms with van der Waals surface area (Å²) in [6, 6.07) is 0.285. The Morgan fingerprint density at radius 3 is 1.93 bits per heavy atom. The normalized spacial score (nSPS) is 12.1. The van der Waals surface area contributed by atoms with Gasteiger partial charge >= 0.3 is 5.97 Å². The average molecular weight is 203 g/mol. The molecular formula is C11H25NO2. The summed E-state index contributed by atoms with van der Waals surface area (Å²) in [5.74, 6) is -0.150. The largest absolute Gasteiger partial charge is 0.464 e. The lowest BCUT2D eigenvalue weighted by Crippen LogP contribution is -2.31. The summed E-state index contributed by atoms with van der Waals surface area (Å²) >= 11 is 0. The summed E-state index contributed by atoms with van der Waals surface area (Å²) in [4.78, 5) is 13.1. The molecule has 3 nitrogen and oxygen atoms in total. The van der Waals surface area contributed by atoms with Crippen LogP contribution in [0.4, 0.5) is 0 Å². The van der Waals surface area contributed by atoms with Crippen molar-refractivity contribution < 1.29 is 9.53 Å². The first-order valence-electron chi connectivity index (χ1n) is 5.28. The van der Waals surface area contributed by atoms with E-state index in [1.165, 1.54) is 0 Å². The summed E-state index contributed by atoms with van der Waals surface area (Å²) in [5, 5.41) is 0. The molecule has 0 N–H and O–H groups in total. The second kappa shape index (κ2) is 9.00. The van der Waals surface area contributed by atoms with E-state index in [0.29, 0.717) is 6.61 Å². The van der Waals surface area contributed by atoms with Gasteiger partial charge in [0.25, 0.3) is 0 Å². The SMILES string of the molecule is CC.CC(C)C(=O)OCC(C)N(C)C. The molecule has 1 unspecified atom stereocenters. The number of ether oxygens (including phenoxy) is 1. The highest BCUT2D eigenvalue weighted by molar-refractivity contribution is 5.71. The molecule has 0 saturated carbocycles. The second-order valence-electron chi connectivity index (χ2n) is 3.60. The van der Waals surface area contributed by atoms with Crippen molar-refractivity contribution in [2.24, 2.45) is 5.92 Å². The molecule has 0 aromatic rings. The summed E-state index contributed by atoms with van der Waals surface area (Å²) in [7, 11) is 3.93. The number of esters is 1. The number of likely N-dealkylation sites (N-methyl/N-ethyl adjacent to an activating group) is 1. The molecular weight excluding hydrogens is 178 g/mol. The zero-order chi connectivity index (χ0) is 11.7. The van der Waals surface area contributed by atoms with Crippen LogP contribution in [0.5, 0.6) is 0 Å². The lowest BCUT2D eigenvalue weighted by molar-refractivity contribution is -0.148. The van der Waals surface area contributed by atoms with Gasteiger partial charge in [0, 0.05) is 6.04 Å². The molecule has 0 amide bonds. The lowest BCUT2D eigenvalue weighted by Gasteiger charge is -2.19. The molecule has 0 aromatic carbocycles. The third-order valence-electron chi connectivity index (χ3n) is 1.82. The van der Waals surface area contributed by atoms with E-state index >= 15 is 0 Å². The Bertz CT molecular complexity index is 144. The first-order valence-corrected chi connectivity index (χ1v) is 5.28. The first-order chi connectivity index (χ1) is 6.45. The number of hydrogen-bond donors (Lipinski definition) is 0. The van der Waals surface area contributed by atoms with Gasteiger partial charge in [-0.1, -0.05) is 27.7 Å². The number of carbonyl (C=O) groups excluding carboxylic acids is 1. The standard InChI is InChI=1S/C9H19NO2.C2H6/c1-7(2)9(11)12-6-8(3)10(4)5;1-2/h7-8H,6H2,1-5H3;1-2H3. The minimum Gasteiger partial charge on any atom is -0.464 e. The van der Waals surface area contributed by atoms with Gasteiger partial charge < -0.3 is 9.64 Å². The number of hydrogen-bond acceptors (Lipinski definition) is 3. The van der Waals surface area contributed by atoms with Crippen LogP contribution in [-0.2, 0) is 9.53 Å². The summed E-state index contributed by atoms with van der Waals surface area (Å²) in [5.41, 5.74) is 0. The Kier molecular flexibility index (Phi) is 10.2. The maximum Gasteiger partial charge on any atom is 0.308 e. The number of carbonyl (C=O) groups is 1. The van der Waals surface area contributed by atoms with Crippen LogP contribution in [0, 0.1) is 5.92 Å². The molecule has 0 radical (unpaired) electrons. The molecule has 86 valence electrons. The van der Waals surface area contributed by atoms with Crippen molar-refractivity contribution in [2.45, 2.75) is 40.7 Å². The molecule has 0 fully saturated rings. The molecule has 0 rings (SSSR count). The summed E-state index contributed by atoms with van der Waals surface area (Å²) in [6.45, 7) is 10.2. The van der Waals surface area contributed by atoms with Crippen molar-refractivity contribution in [3.05, 3.63) is 0 Å². The van der Waals surface area contributed by atoms with E-state index in [1.807, 2.05) is 53.6 Å². The molecule has 3 heteroatoms. The van der Waals surface area contributed by atoms with Gasteiger partial charge in [-0.2, -0.15) is 0 Å². The van der Waals surface area contributed by atoms with Gasteiger partial charge in [-0.05, 0) is 21.0 Å². The van der Waals surface area contributed by atoms with Crippen LogP contribution in [0.25, 0.3) is 0 Å². The predicted molar refractivity (Wildman–Crippen MR) is 60.3 cm³/mol. The predicted octanol–water partition coefficient (Wildman–Crippen LogP) is 2.16. The Hall–Kier alpha value is -0.570. The van der Waals surface area contributed by atoms with E-state index in [2.05, 4.69) is 0 Å². The van der Waals surface area contributed by atoms with Crippen molar-refractivity contribution in [3.63, 3.8) is 0 Å². The van der Waals surface area contributed by atoms with Gasteiger partial charge in [-0.3, -0.25) is 4.79 Å². The molecule has 0 aliphatic carbocycles. The fourth-order valence-electron chi connectivity index (χ4n) is 0.518. The van der Waals surface area contributed by atoms with Crippen LogP contribution in [0.15, 0.2) is 0 Å². The molecule has 0 aromatic heterocycles. The number of rotatable bonds is 4. The third-order valence-corrected chi connectivity index (χ3v) is 1.82. The third kappa shape index (κ3) is 8.05. The van der Waals surface area contributed by atoms with Crippen molar-refractivity contribution >= 4 is 5.97 Å². The Labute approximate surface area is 88.4 Å². The molecule has 0 bridgehead atoms. The van der Waals surface area contributed by atoms with Crippen LogP contribution in [-0.4, -0.2) is 37.6 Å². The van der Waals surface area contributed by atoms with Crippen molar-refractivity contribution in [3.8, 4) is 0 Å². The Morgan fingerprint density at radius 1 is 1.21 bits per heavy atom. The quantitative estimate of drug-likeness (QED) is 0.656. The zero-order valence-corrected chi connectivity index (χ0v) is 10.6. The molecule has 14 heavy (non-hydrogen) atoms. The molecule has 0 heterocycles. The highest BCUT2D eigenvalue weighted by atomic mass is 16.5. The fraction of sp³-hybridized carbons (Fsp3) is 0.909. The molecule has 0 aliphatic heterocycles. The van der Waals surface area contributed by atoms with Gasteiger partial charge in [0.15, 0.2) is 0 Å². The van der Waals surface area contributed by atoms with Crippen LogP contribution < -0.4 is 0 Å². The molecule has 0 saturated heterocycles. The highest BCUT2D eigenvalue weighted by Gasteiger charge is 2.11. The van der Waals surface area contributed by atoms with Gasteiger partial charge in [-0.25, -0.2) is 0 Å². The van der Waals surface area contributed by atoms with Crippen LogP contribution in [0.3, 0.4) is 0 Å². The van der Waals surface area contributed by atoms with E-state index in [9.17, 15) is 4.79 Å². The van der Waals surface area contributed by atoms with E-state index in [4.69, 9.17) is 4.74 Å². The van der Waals surface area contributed by atoms with Gasteiger partial charge in [0.2, 0.25) is 0 Å². The Balaban J connectivity index is 0. The smallest absolute Gasteiger partial charge is 0.308 e. The Morgan fingerprint density at radius 2 is 1.64 bits per heavy atom. The summed E-state index contributed by atoms with van der Waals surface area (Å²) in [6.07, 6.45) is 0. The van der Waals surface area contributed by atoms with Crippen molar-refractivity contribution in [1.29, 1.82) is 0 Å². The average Bonchev–Trinajstić information content (AvgIpc) is 2.16. The minimum absolute atomic E-state index is 0.0284. The maximum atomic E-state index is 11.0.